The Labute approximate surface area is 112 Å². The molecule has 2 atom stereocenters. The van der Waals surface area contributed by atoms with E-state index in [-0.39, 0.29) is 31.1 Å². The highest BCUT2D eigenvalue weighted by Gasteiger charge is 2.23. The van der Waals surface area contributed by atoms with Gasteiger partial charge in [-0.05, 0) is 19.1 Å². The minimum atomic E-state index is -0.229. The molecule has 6 nitrogen and oxygen atoms in total. The summed E-state index contributed by atoms with van der Waals surface area (Å²) in [4.78, 5) is 16.0. The van der Waals surface area contributed by atoms with Gasteiger partial charge in [-0.25, -0.2) is 0 Å². The van der Waals surface area contributed by atoms with Crippen LogP contribution in [0.25, 0.3) is 0 Å². The van der Waals surface area contributed by atoms with Crippen molar-refractivity contribution in [1.82, 2.24) is 10.3 Å². The third-order valence-corrected chi connectivity index (χ3v) is 2.94. The molecule has 0 spiro atoms. The Morgan fingerprint density at radius 1 is 1.53 bits per heavy atom. The summed E-state index contributed by atoms with van der Waals surface area (Å²) in [6.07, 6.45) is 1.46. The summed E-state index contributed by atoms with van der Waals surface area (Å²) in [6.45, 7) is 3.10. The van der Waals surface area contributed by atoms with Crippen molar-refractivity contribution in [2.24, 2.45) is 0 Å². The summed E-state index contributed by atoms with van der Waals surface area (Å²) in [7, 11) is 0. The monoisotopic (exact) mass is 265 g/mol. The number of nitrogens with one attached hydrogen (secondary N) is 2. The van der Waals surface area contributed by atoms with Gasteiger partial charge in [-0.2, -0.15) is 0 Å². The van der Waals surface area contributed by atoms with Crippen molar-refractivity contribution >= 4 is 11.6 Å². The molecule has 0 aliphatic carbocycles. The van der Waals surface area contributed by atoms with Crippen LogP contribution < -0.4 is 10.6 Å². The molecule has 19 heavy (non-hydrogen) atoms. The van der Waals surface area contributed by atoms with E-state index in [1.165, 1.54) is 0 Å². The van der Waals surface area contributed by atoms with E-state index in [9.17, 15) is 4.79 Å². The minimum absolute atomic E-state index is 0.0347. The third kappa shape index (κ3) is 4.27. The van der Waals surface area contributed by atoms with Crippen molar-refractivity contribution in [1.29, 1.82) is 0 Å². The molecule has 6 heteroatoms. The summed E-state index contributed by atoms with van der Waals surface area (Å²) in [5.41, 5.74) is 1.58. The number of nitrogens with zero attached hydrogens (tertiary/aromatic N) is 1. The number of amides is 1. The number of hydrogen-bond acceptors (Lipinski definition) is 5. The molecule has 1 aliphatic rings. The first-order chi connectivity index (χ1) is 9.17. The van der Waals surface area contributed by atoms with Gasteiger partial charge in [0.15, 0.2) is 0 Å². The van der Waals surface area contributed by atoms with Gasteiger partial charge in [0.25, 0.3) is 0 Å². The van der Waals surface area contributed by atoms with E-state index in [1.807, 2.05) is 19.1 Å². The maximum Gasteiger partial charge on any atom is 0.227 e. The lowest BCUT2D eigenvalue weighted by Gasteiger charge is -2.29. The lowest BCUT2D eigenvalue weighted by Crippen LogP contribution is -2.47. The molecule has 1 fully saturated rings. The molecule has 1 aliphatic heterocycles. The molecule has 2 rings (SSSR count). The predicted octanol–water partition coefficient (Wildman–Crippen LogP) is 0.0679. The molecule has 3 N–H and O–H groups in total. The fourth-order valence-electron chi connectivity index (χ4n) is 1.96. The minimum Gasteiger partial charge on any atom is -0.394 e. The van der Waals surface area contributed by atoms with E-state index in [0.717, 1.165) is 5.69 Å². The van der Waals surface area contributed by atoms with Gasteiger partial charge < -0.3 is 20.5 Å². The van der Waals surface area contributed by atoms with Gasteiger partial charge in [-0.1, -0.05) is 0 Å². The molecule has 2 heterocycles. The zero-order valence-electron chi connectivity index (χ0n) is 10.9. The summed E-state index contributed by atoms with van der Waals surface area (Å²) in [5.74, 6) is -0.115. The molecule has 0 unspecified atom stereocenters. The average molecular weight is 265 g/mol. The number of aliphatic hydroxyl groups is 1. The van der Waals surface area contributed by atoms with Crippen LogP contribution in [0, 0.1) is 6.92 Å². The SMILES string of the molecule is Cc1ccc(NC(=O)C[C@@H]2CNC[C@@H](CO)O2)cn1. The molecule has 0 bridgehead atoms. The van der Waals surface area contributed by atoms with Crippen molar-refractivity contribution in [3.63, 3.8) is 0 Å². The maximum absolute atomic E-state index is 11.9. The summed E-state index contributed by atoms with van der Waals surface area (Å²) < 4.78 is 5.57. The Kier molecular flexibility index (Phi) is 4.84. The largest absolute Gasteiger partial charge is 0.394 e. The second-order valence-corrected chi connectivity index (χ2v) is 4.66. The van der Waals surface area contributed by atoms with Crippen LogP contribution in [0.15, 0.2) is 18.3 Å². The number of ether oxygens (including phenoxy) is 1. The second kappa shape index (κ2) is 6.60. The fraction of sp³-hybridized carbons (Fsp3) is 0.538. The zero-order chi connectivity index (χ0) is 13.7. The third-order valence-electron chi connectivity index (χ3n) is 2.94. The Morgan fingerprint density at radius 2 is 2.32 bits per heavy atom. The van der Waals surface area contributed by atoms with Crippen LogP contribution in [0.4, 0.5) is 5.69 Å². The Hall–Kier alpha value is -1.50. The number of aryl methyl sites for hydroxylation is 1. The van der Waals surface area contributed by atoms with Crippen LogP contribution in [-0.2, 0) is 9.53 Å². The number of aliphatic hydroxyl groups excluding tert-OH is 1. The van der Waals surface area contributed by atoms with Gasteiger partial charge >= 0.3 is 0 Å². The van der Waals surface area contributed by atoms with Crippen LogP contribution in [0.1, 0.15) is 12.1 Å². The van der Waals surface area contributed by atoms with Gasteiger partial charge in [0.05, 0.1) is 37.1 Å². The van der Waals surface area contributed by atoms with Crippen LogP contribution in [0.3, 0.4) is 0 Å². The normalized spacial score (nSPS) is 23.1. The molecule has 1 amide bonds. The topological polar surface area (TPSA) is 83.5 Å². The molecule has 0 radical (unpaired) electrons. The predicted molar refractivity (Wildman–Crippen MR) is 70.8 cm³/mol. The number of carbonyl (C=O) groups excluding carboxylic acids is 1. The summed E-state index contributed by atoms with van der Waals surface area (Å²) >= 11 is 0. The Morgan fingerprint density at radius 3 is 3.00 bits per heavy atom. The van der Waals surface area contributed by atoms with E-state index < -0.39 is 0 Å². The number of rotatable bonds is 4. The van der Waals surface area contributed by atoms with Gasteiger partial charge in [0, 0.05) is 18.8 Å². The first kappa shape index (κ1) is 13.9. The summed E-state index contributed by atoms with van der Waals surface area (Å²) in [5, 5.41) is 14.9. The summed E-state index contributed by atoms with van der Waals surface area (Å²) in [6, 6.07) is 3.66. The Balaban J connectivity index is 1.82. The van der Waals surface area contributed by atoms with Crippen molar-refractivity contribution < 1.29 is 14.6 Å². The van der Waals surface area contributed by atoms with E-state index in [1.54, 1.807) is 6.20 Å². The van der Waals surface area contributed by atoms with Crippen molar-refractivity contribution in [3.05, 3.63) is 24.0 Å². The standard InChI is InChI=1S/C13H19N3O3/c1-9-2-3-10(5-15-9)16-13(18)4-11-6-14-7-12(8-17)19-11/h2-3,5,11-12,14,17H,4,6-8H2,1H3,(H,16,18)/t11-,12+/m1/s1. The van der Waals surface area contributed by atoms with E-state index >= 15 is 0 Å². The highest BCUT2D eigenvalue weighted by atomic mass is 16.5. The van der Waals surface area contributed by atoms with Gasteiger partial charge in [-0.3, -0.25) is 9.78 Å². The van der Waals surface area contributed by atoms with Gasteiger partial charge in [0.1, 0.15) is 0 Å². The van der Waals surface area contributed by atoms with Gasteiger partial charge in [-0.15, -0.1) is 0 Å². The molecule has 1 aromatic rings. The number of pyridine rings is 1. The van der Waals surface area contributed by atoms with Crippen molar-refractivity contribution in [2.75, 3.05) is 25.0 Å². The Bertz CT molecular complexity index is 422. The van der Waals surface area contributed by atoms with E-state index in [4.69, 9.17) is 9.84 Å². The average Bonchev–Trinajstić information content (AvgIpc) is 2.41. The molecule has 104 valence electrons. The lowest BCUT2D eigenvalue weighted by molar-refractivity contribution is -0.122. The quantitative estimate of drug-likeness (QED) is 0.717. The zero-order valence-corrected chi connectivity index (χ0v) is 10.9. The van der Waals surface area contributed by atoms with E-state index in [0.29, 0.717) is 18.8 Å². The highest BCUT2D eigenvalue weighted by Crippen LogP contribution is 2.10. The van der Waals surface area contributed by atoms with Crippen LogP contribution in [-0.4, -0.2) is 47.9 Å². The molecule has 1 aromatic heterocycles. The first-order valence-corrected chi connectivity index (χ1v) is 6.37. The van der Waals surface area contributed by atoms with Crippen LogP contribution in [0.5, 0.6) is 0 Å². The van der Waals surface area contributed by atoms with E-state index in [2.05, 4.69) is 15.6 Å². The first-order valence-electron chi connectivity index (χ1n) is 6.37. The number of aromatic nitrogens is 1. The molecular weight excluding hydrogens is 246 g/mol. The molecular formula is C13H19N3O3. The number of morpholine rings is 1. The van der Waals surface area contributed by atoms with Crippen LogP contribution in [0.2, 0.25) is 0 Å². The second-order valence-electron chi connectivity index (χ2n) is 4.66. The number of anilines is 1. The lowest BCUT2D eigenvalue weighted by atomic mass is 10.2. The molecule has 1 saturated heterocycles. The van der Waals surface area contributed by atoms with Crippen LogP contribution >= 0.6 is 0 Å². The fourth-order valence-corrected chi connectivity index (χ4v) is 1.96. The van der Waals surface area contributed by atoms with Crippen molar-refractivity contribution in [3.8, 4) is 0 Å². The van der Waals surface area contributed by atoms with Crippen molar-refractivity contribution in [2.45, 2.75) is 25.6 Å². The number of carbonyl (C=O) groups is 1. The smallest absolute Gasteiger partial charge is 0.227 e. The molecule has 0 aromatic carbocycles. The highest BCUT2D eigenvalue weighted by molar-refractivity contribution is 5.90. The molecule has 0 saturated carbocycles. The van der Waals surface area contributed by atoms with Gasteiger partial charge in [0.2, 0.25) is 5.91 Å². The maximum atomic E-state index is 11.9. The number of hydrogen-bond donors (Lipinski definition) is 3.